The number of carbonyl (C=O) groups is 2. The number of ether oxygens (including phenoxy) is 1. The van der Waals surface area contributed by atoms with Gasteiger partial charge in [-0.25, -0.2) is 4.79 Å². The van der Waals surface area contributed by atoms with Crippen molar-refractivity contribution in [1.82, 2.24) is 10.1 Å². The second-order valence-corrected chi connectivity index (χ2v) is 7.11. The summed E-state index contributed by atoms with van der Waals surface area (Å²) >= 11 is 0. The van der Waals surface area contributed by atoms with Crippen molar-refractivity contribution < 1.29 is 18.8 Å². The molecule has 0 bridgehead atoms. The highest BCUT2D eigenvalue weighted by Gasteiger charge is 2.47. The second kappa shape index (κ2) is 6.27. The summed E-state index contributed by atoms with van der Waals surface area (Å²) in [5, 5.41) is 3.93. The SMILES string of the molecule is Cc1noc(C)c1CCC(=O)N1CCC2(CC1)OC(=O)c1ccccc12. The van der Waals surface area contributed by atoms with Crippen molar-refractivity contribution in [2.24, 2.45) is 0 Å². The van der Waals surface area contributed by atoms with Crippen LogP contribution in [-0.2, 0) is 21.6 Å². The third kappa shape index (κ3) is 2.69. The number of aryl methyl sites for hydroxylation is 2. The highest BCUT2D eigenvalue weighted by Crippen LogP contribution is 2.44. The zero-order valence-corrected chi connectivity index (χ0v) is 15.1. The number of hydrogen-bond donors (Lipinski definition) is 0. The predicted octanol–water partition coefficient (Wildman–Crippen LogP) is 2.91. The molecule has 1 aromatic carbocycles. The molecule has 2 aliphatic heterocycles. The summed E-state index contributed by atoms with van der Waals surface area (Å²) in [5.41, 5.74) is 2.93. The van der Waals surface area contributed by atoms with Gasteiger partial charge in [0.25, 0.3) is 0 Å². The third-order valence-corrected chi connectivity index (χ3v) is 5.62. The molecule has 1 saturated heterocycles. The van der Waals surface area contributed by atoms with E-state index in [0.29, 0.717) is 44.3 Å². The number of carbonyl (C=O) groups excluding carboxylic acids is 2. The normalized spacial score (nSPS) is 18.1. The van der Waals surface area contributed by atoms with E-state index in [1.807, 2.05) is 43.0 Å². The molecule has 2 aromatic rings. The number of hydrogen-bond acceptors (Lipinski definition) is 5. The summed E-state index contributed by atoms with van der Waals surface area (Å²) in [4.78, 5) is 26.6. The maximum Gasteiger partial charge on any atom is 0.339 e. The van der Waals surface area contributed by atoms with E-state index in [1.54, 1.807) is 0 Å². The minimum absolute atomic E-state index is 0.123. The van der Waals surface area contributed by atoms with E-state index < -0.39 is 5.60 Å². The van der Waals surface area contributed by atoms with Crippen LogP contribution in [0.5, 0.6) is 0 Å². The molecule has 0 saturated carbocycles. The van der Waals surface area contributed by atoms with Crippen molar-refractivity contribution >= 4 is 11.9 Å². The summed E-state index contributed by atoms with van der Waals surface area (Å²) in [7, 11) is 0. The second-order valence-electron chi connectivity index (χ2n) is 7.11. The summed E-state index contributed by atoms with van der Waals surface area (Å²) in [6.07, 6.45) is 2.37. The molecule has 1 aromatic heterocycles. The van der Waals surface area contributed by atoms with Crippen LogP contribution in [0.2, 0.25) is 0 Å². The topological polar surface area (TPSA) is 72.6 Å². The average molecular weight is 354 g/mol. The van der Waals surface area contributed by atoms with Crippen LogP contribution in [0.4, 0.5) is 0 Å². The lowest BCUT2D eigenvalue weighted by atomic mass is 9.83. The molecule has 1 spiro atoms. The van der Waals surface area contributed by atoms with E-state index in [-0.39, 0.29) is 11.9 Å². The Morgan fingerprint density at radius 2 is 1.96 bits per heavy atom. The van der Waals surface area contributed by atoms with E-state index in [9.17, 15) is 9.59 Å². The van der Waals surface area contributed by atoms with Crippen molar-refractivity contribution in [3.63, 3.8) is 0 Å². The number of nitrogens with zero attached hydrogens (tertiary/aromatic N) is 2. The lowest BCUT2D eigenvalue weighted by Gasteiger charge is -2.38. The molecule has 136 valence electrons. The Morgan fingerprint density at radius 1 is 1.23 bits per heavy atom. The number of aromatic nitrogens is 1. The van der Waals surface area contributed by atoms with E-state index in [2.05, 4.69) is 5.16 Å². The standard InChI is InChI=1S/C20H22N2O4/c1-13-15(14(2)26-21-13)7-8-18(23)22-11-9-20(10-12-22)17-6-4-3-5-16(17)19(24)25-20/h3-6H,7-12H2,1-2H3. The first kappa shape index (κ1) is 16.8. The van der Waals surface area contributed by atoms with Gasteiger partial charge in [-0.15, -0.1) is 0 Å². The largest absolute Gasteiger partial charge is 0.450 e. The van der Waals surface area contributed by atoms with Gasteiger partial charge in [0.1, 0.15) is 11.4 Å². The highest BCUT2D eigenvalue weighted by molar-refractivity contribution is 5.94. The van der Waals surface area contributed by atoms with Crippen molar-refractivity contribution in [3.8, 4) is 0 Å². The van der Waals surface area contributed by atoms with Gasteiger partial charge < -0.3 is 14.2 Å². The van der Waals surface area contributed by atoms with Gasteiger partial charge in [0, 0.05) is 43.5 Å². The molecule has 3 heterocycles. The van der Waals surface area contributed by atoms with E-state index in [1.165, 1.54) is 0 Å². The van der Waals surface area contributed by atoms with E-state index in [0.717, 1.165) is 22.6 Å². The van der Waals surface area contributed by atoms with Gasteiger partial charge in [0.05, 0.1) is 11.3 Å². The van der Waals surface area contributed by atoms with Crippen LogP contribution in [-0.4, -0.2) is 35.0 Å². The average Bonchev–Trinajstić information content (AvgIpc) is 3.11. The van der Waals surface area contributed by atoms with Gasteiger partial charge in [0.2, 0.25) is 5.91 Å². The molecule has 6 nitrogen and oxygen atoms in total. The number of rotatable bonds is 3. The van der Waals surface area contributed by atoms with Gasteiger partial charge in [-0.1, -0.05) is 23.4 Å². The minimum atomic E-state index is -0.563. The van der Waals surface area contributed by atoms with Gasteiger partial charge in [-0.05, 0) is 26.3 Å². The molecule has 1 amide bonds. The van der Waals surface area contributed by atoms with Crippen LogP contribution < -0.4 is 0 Å². The molecule has 1 fully saturated rings. The fraction of sp³-hybridized carbons (Fsp3) is 0.450. The number of likely N-dealkylation sites (tertiary alicyclic amines) is 1. The minimum Gasteiger partial charge on any atom is -0.450 e. The molecule has 0 radical (unpaired) electrons. The molecular weight excluding hydrogens is 332 g/mol. The number of esters is 1. The first-order valence-electron chi connectivity index (χ1n) is 9.02. The maximum atomic E-state index is 12.6. The molecule has 0 aliphatic carbocycles. The number of fused-ring (bicyclic) bond motifs is 2. The molecule has 2 aliphatic rings. The molecule has 0 unspecified atom stereocenters. The number of benzene rings is 1. The molecule has 4 rings (SSSR count). The van der Waals surface area contributed by atoms with Gasteiger partial charge >= 0.3 is 5.97 Å². The Kier molecular flexibility index (Phi) is 4.05. The van der Waals surface area contributed by atoms with Crippen molar-refractivity contribution in [2.75, 3.05) is 13.1 Å². The molecular formula is C20H22N2O4. The van der Waals surface area contributed by atoms with Gasteiger partial charge in [0.15, 0.2) is 0 Å². The lowest BCUT2D eigenvalue weighted by molar-refractivity contribution is -0.135. The zero-order valence-electron chi connectivity index (χ0n) is 15.1. The number of amides is 1. The highest BCUT2D eigenvalue weighted by atomic mass is 16.6. The first-order chi connectivity index (χ1) is 12.5. The summed E-state index contributed by atoms with van der Waals surface area (Å²) in [6, 6.07) is 7.57. The van der Waals surface area contributed by atoms with Gasteiger partial charge in [-0.3, -0.25) is 4.79 Å². The van der Waals surface area contributed by atoms with Crippen LogP contribution in [0.3, 0.4) is 0 Å². The van der Waals surface area contributed by atoms with Crippen LogP contribution in [0, 0.1) is 13.8 Å². The molecule has 0 N–H and O–H groups in total. The Morgan fingerprint density at radius 3 is 2.65 bits per heavy atom. The van der Waals surface area contributed by atoms with E-state index >= 15 is 0 Å². The fourth-order valence-electron chi connectivity index (χ4n) is 4.08. The van der Waals surface area contributed by atoms with Crippen molar-refractivity contribution in [1.29, 1.82) is 0 Å². The molecule has 0 atom stereocenters. The third-order valence-electron chi connectivity index (χ3n) is 5.62. The molecule has 26 heavy (non-hydrogen) atoms. The maximum absolute atomic E-state index is 12.6. The first-order valence-corrected chi connectivity index (χ1v) is 9.02. The smallest absolute Gasteiger partial charge is 0.339 e. The Labute approximate surface area is 152 Å². The summed E-state index contributed by atoms with van der Waals surface area (Å²) < 4.78 is 10.9. The van der Waals surface area contributed by atoms with Crippen LogP contribution in [0.25, 0.3) is 0 Å². The van der Waals surface area contributed by atoms with Crippen molar-refractivity contribution in [2.45, 2.75) is 45.1 Å². The quantitative estimate of drug-likeness (QED) is 0.793. The van der Waals surface area contributed by atoms with Crippen molar-refractivity contribution in [3.05, 3.63) is 52.4 Å². The van der Waals surface area contributed by atoms with Gasteiger partial charge in [-0.2, -0.15) is 0 Å². The Balaban J connectivity index is 1.40. The lowest BCUT2D eigenvalue weighted by Crippen LogP contribution is -2.45. The summed E-state index contributed by atoms with van der Waals surface area (Å²) in [6.45, 7) is 4.97. The van der Waals surface area contributed by atoms with Crippen LogP contribution in [0.15, 0.2) is 28.8 Å². The monoisotopic (exact) mass is 354 g/mol. The van der Waals surface area contributed by atoms with E-state index in [4.69, 9.17) is 9.26 Å². The zero-order chi connectivity index (χ0) is 18.3. The Hall–Kier alpha value is -2.63. The Bertz CT molecular complexity index is 843. The predicted molar refractivity (Wildman–Crippen MR) is 93.6 cm³/mol. The number of piperidine rings is 1. The fourth-order valence-corrected chi connectivity index (χ4v) is 4.08. The van der Waals surface area contributed by atoms with Crippen LogP contribution in [0.1, 0.15) is 52.2 Å². The summed E-state index contributed by atoms with van der Waals surface area (Å²) in [5.74, 6) is 0.651. The molecule has 6 heteroatoms. The van der Waals surface area contributed by atoms with Crippen LogP contribution >= 0.6 is 0 Å².